The van der Waals surface area contributed by atoms with Crippen LogP contribution in [0, 0.1) is 0 Å². The Morgan fingerprint density at radius 1 is 0.710 bits per heavy atom. The number of ether oxygens (including phenoxy) is 3. The van der Waals surface area contributed by atoms with Crippen molar-refractivity contribution in [3.8, 4) is 0 Å². The lowest BCUT2D eigenvalue weighted by Gasteiger charge is -2.35. The molecule has 0 atom stereocenters. The van der Waals surface area contributed by atoms with Crippen molar-refractivity contribution in [2.75, 3.05) is 0 Å². The van der Waals surface area contributed by atoms with Crippen LogP contribution >= 0.6 is 31.9 Å². The summed E-state index contributed by atoms with van der Waals surface area (Å²) in [7, 11) is 0. The van der Waals surface area contributed by atoms with Gasteiger partial charge in [-0.25, -0.2) is 0 Å². The molecule has 0 aliphatic carbocycles. The summed E-state index contributed by atoms with van der Waals surface area (Å²) in [6.07, 6.45) is 0.125. The fraction of sp³-hybridized carbons (Fsp3) is 0.417. The van der Waals surface area contributed by atoms with Crippen molar-refractivity contribution in [2.45, 2.75) is 65.0 Å². The molecular weight excluding hydrogens is 528 g/mol. The van der Waals surface area contributed by atoms with E-state index in [4.69, 9.17) is 14.2 Å². The fourth-order valence-electron chi connectivity index (χ4n) is 3.16. The Kier molecular flexibility index (Phi) is 9.28. The molecule has 0 N–H and O–H groups in total. The molecular formula is C24H28Br2O5. The van der Waals surface area contributed by atoms with Crippen LogP contribution in [-0.4, -0.2) is 23.1 Å². The lowest BCUT2D eigenvalue weighted by atomic mass is 9.99. The Bertz CT molecular complexity index is 835. The van der Waals surface area contributed by atoms with Crippen LogP contribution in [0.15, 0.2) is 57.5 Å². The quantitative estimate of drug-likeness (QED) is 0.319. The molecule has 2 rings (SSSR count). The van der Waals surface area contributed by atoms with E-state index >= 15 is 0 Å². The molecule has 2 aromatic carbocycles. The second-order valence-corrected chi connectivity index (χ2v) is 10.2. The number of esters is 2. The van der Waals surface area contributed by atoms with E-state index in [1.54, 1.807) is 27.7 Å². The van der Waals surface area contributed by atoms with Gasteiger partial charge in [0.05, 0.1) is 24.0 Å². The van der Waals surface area contributed by atoms with E-state index in [1.807, 2.05) is 48.5 Å². The number of benzene rings is 2. The molecule has 168 valence electrons. The third-order valence-electron chi connectivity index (χ3n) is 4.39. The smallest absolute Gasteiger partial charge is 0.309 e. The van der Waals surface area contributed by atoms with Crippen LogP contribution in [0.4, 0.5) is 0 Å². The fourth-order valence-corrected chi connectivity index (χ4v) is 3.96. The van der Waals surface area contributed by atoms with Gasteiger partial charge in [-0.05, 0) is 39.8 Å². The predicted molar refractivity (Wildman–Crippen MR) is 126 cm³/mol. The van der Waals surface area contributed by atoms with E-state index in [2.05, 4.69) is 31.9 Å². The summed E-state index contributed by atoms with van der Waals surface area (Å²) in [4.78, 5) is 24.7. The monoisotopic (exact) mass is 554 g/mol. The number of rotatable bonds is 10. The Labute approximate surface area is 200 Å². The standard InChI is InChI=1S/C24H28Br2O5/c1-23(2,13-21(27)29-15-17-9-5-7-11-19(17)25)31-24(3,4)14-22(28)30-16-18-10-6-8-12-20(18)26/h5-12H,13-16H2,1-4H3. The maximum Gasteiger partial charge on any atom is 0.309 e. The van der Waals surface area contributed by atoms with Gasteiger partial charge in [-0.15, -0.1) is 0 Å². The van der Waals surface area contributed by atoms with Gasteiger partial charge in [0.15, 0.2) is 0 Å². The number of hydrogen-bond acceptors (Lipinski definition) is 5. The largest absolute Gasteiger partial charge is 0.461 e. The van der Waals surface area contributed by atoms with Crippen molar-refractivity contribution in [2.24, 2.45) is 0 Å². The Morgan fingerprint density at radius 2 is 1.06 bits per heavy atom. The highest BCUT2D eigenvalue weighted by atomic mass is 79.9. The second kappa shape index (κ2) is 11.2. The minimum Gasteiger partial charge on any atom is -0.461 e. The van der Waals surface area contributed by atoms with E-state index in [0.29, 0.717) is 0 Å². The third-order valence-corrected chi connectivity index (χ3v) is 5.93. The highest BCUT2D eigenvalue weighted by molar-refractivity contribution is 9.10. The minimum absolute atomic E-state index is 0.0624. The molecule has 0 amide bonds. The number of hydrogen-bond donors (Lipinski definition) is 0. The van der Waals surface area contributed by atoms with Crippen LogP contribution in [0.3, 0.4) is 0 Å². The van der Waals surface area contributed by atoms with Crippen molar-refractivity contribution in [1.29, 1.82) is 0 Å². The molecule has 2 aromatic rings. The molecule has 0 unspecified atom stereocenters. The van der Waals surface area contributed by atoms with Crippen LogP contribution in [0.25, 0.3) is 0 Å². The molecule has 0 bridgehead atoms. The minimum atomic E-state index is -0.808. The summed E-state index contributed by atoms with van der Waals surface area (Å²) in [5.41, 5.74) is 0.166. The number of carbonyl (C=O) groups excluding carboxylic acids is 2. The first-order chi connectivity index (χ1) is 14.5. The first kappa shape index (κ1) is 25.6. The first-order valence-electron chi connectivity index (χ1n) is 9.96. The van der Waals surface area contributed by atoms with Crippen LogP contribution in [0.2, 0.25) is 0 Å². The highest BCUT2D eigenvalue weighted by Crippen LogP contribution is 2.27. The van der Waals surface area contributed by atoms with Gasteiger partial charge in [-0.3, -0.25) is 9.59 Å². The Hall–Kier alpha value is -1.70. The van der Waals surface area contributed by atoms with E-state index < -0.39 is 11.2 Å². The topological polar surface area (TPSA) is 61.8 Å². The van der Waals surface area contributed by atoms with E-state index in [-0.39, 0.29) is 38.0 Å². The van der Waals surface area contributed by atoms with Crippen LogP contribution in [0.1, 0.15) is 51.7 Å². The molecule has 0 saturated heterocycles. The van der Waals surface area contributed by atoms with Gasteiger partial charge in [-0.1, -0.05) is 68.3 Å². The van der Waals surface area contributed by atoms with Gasteiger partial charge in [0, 0.05) is 20.1 Å². The highest BCUT2D eigenvalue weighted by Gasteiger charge is 2.34. The maximum atomic E-state index is 12.3. The van der Waals surface area contributed by atoms with Gasteiger partial charge in [-0.2, -0.15) is 0 Å². The van der Waals surface area contributed by atoms with Crippen molar-refractivity contribution in [3.63, 3.8) is 0 Å². The number of carbonyl (C=O) groups is 2. The van der Waals surface area contributed by atoms with E-state index in [9.17, 15) is 9.59 Å². The van der Waals surface area contributed by atoms with Crippen LogP contribution < -0.4 is 0 Å². The van der Waals surface area contributed by atoms with Gasteiger partial charge in [0.25, 0.3) is 0 Å². The van der Waals surface area contributed by atoms with E-state index in [0.717, 1.165) is 20.1 Å². The first-order valence-corrected chi connectivity index (χ1v) is 11.5. The summed E-state index contributed by atoms with van der Waals surface area (Å²) in [6, 6.07) is 15.2. The van der Waals surface area contributed by atoms with Gasteiger partial charge in [0.1, 0.15) is 13.2 Å². The number of halogens is 2. The third kappa shape index (κ3) is 9.13. The summed E-state index contributed by atoms with van der Waals surface area (Å²) in [6.45, 7) is 7.59. The zero-order valence-corrected chi connectivity index (χ0v) is 21.4. The summed E-state index contributed by atoms with van der Waals surface area (Å²) in [5, 5.41) is 0. The van der Waals surface area contributed by atoms with Crippen LogP contribution in [-0.2, 0) is 37.0 Å². The maximum absolute atomic E-state index is 12.3. The summed E-state index contributed by atoms with van der Waals surface area (Å²) >= 11 is 6.88. The SMILES string of the molecule is CC(C)(CC(=O)OCc1ccccc1Br)OC(C)(C)CC(=O)OCc1ccccc1Br. The molecule has 7 heteroatoms. The molecule has 0 aromatic heterocycles. The zero-order valence-electron chi connectivity index (χ0n) is 18.2. The van der Waals surface area contributed by atoms with Crippen LogP contribution in [0.5, 0.6) is 0 Å². The Morgan fingerprint density at radius 3 is 1.42 bits per heavy atom. The van der Waals surface area contributed by atoms with Crippen molar-refractivity contribution in [1.82, 2.24) is 0 Å². The molecule has 0 radical (unpaired) electrons. The van der Waals surface area contributed by atoms with Gasteiger partial charge >= 0.3 is 11.9 Å². The summed E-state index contributed by atoms with van der Waals surface area (Å²) in [5.74, 6) is -0.735. The lowest BCUT2D eigenvalue weighted by molar-refractivity contribution is -0.171. The average molecular weight is 556 g/mol. The molecule has 0 aliphatic heterocycles. The zero-order chi connectivity index (χ0) is 23.1. The molecule has 0 saturated carbocycles. The Balaban J connectivity index is 1.82. The normalized spacial score (nSPS) is 11.8. The van der Waals surface area contributed by atoms with Crippen molar-refractivity contribution in [3.05, 3.63) is 68.6 Å². The molecule has 0 heterocycles. The lowest BCUT2D eigenvalue weighted by Crippen LogP contribution is -2.40. The molecule has 5 nitrogen and oxygen atoms in total. The molecule has 0 spiro atoms. The van der Waals surface area contributed by atoms with Crippen molar-refractivity contribution < 1.29 is 23.8 Å². The predicted octanol–water partition coefficient (Wildman–Crippen LogP) is 6.35. The second-order valence-electron chi connectivity index (χ2n) is 8.48. The van der Waals surface area contributed by atoms with E-state index in [1.165, 1.54) is 0 Å². The van der Waals surface area contributed by atoms with Crippen molar-refractivity contribution >= 4 is 43.8 Å². The van der Waals surface area contributed by atoms with Gasteiger partial charge in [0.2, 0.25) is 0 Å². The average Bonchev–Trinajstić information content (AvgIpc) is 2.65. The molecule has 31 heavy (non-hydrogen) atoms. The molecule has 0 aliphatic rings. The molecule has 0 fully saturated rings. The summed E-state index contributed by atoms with van der Waals surface area (Å²) < 4.78 is 18.7. The van der Waals surface area contributed by atoms with Gasteiger partial charge < -0.3 is 14.2 Å².